The van der Waals surface area contributed by atoms with Crippen molar-refractivity contribution in [3.63, 3.8) is 0 Å². The molecule has 3 heterocycles. The lowest BCUT2D eigenvalue weighted by molar-refractivity contribution is -0.127. The smallest absolute Gasteiger partial charge is 0.231 e. The molecule has 2 aliphatic heterocycles. The van der Waals surface area contributed by atoms with Gasteiger partial charge in [-0.1, -0.05) is 42.5 Å². The van der Waals surface area contributed by atoms with Crippen LogP contribution in [0.25, 0.3) is 11.4 Å². The van der Waals surface area contributed by atoms with E-state index in [0.29, 0.717) is 13.0 Å². The number of hydrogen-bond donors (Lipinski definition) is 0. The van der Waals surface area contributed by atoms with Gasteiger partial charge in [-0.3, -0.25) is 4.79 Å². The molecule has 5 nitrogen and oxygen atoms in total. The standard InChI is InChI=1S/C28H34N4O/c1-20(2)8-9-25-16-27(33)32(21(25)3)19-23-6-5-7-26(15-23)28-29-17-24(18-30-28)14-22-10-12-31(4)13-11-22/h5-9,15,17-18,22H,1,10-14,16,19H2,2-4H3/b9-8-. The summed E-state index contributed by atoms with van der Waals surface area (Å²) in [4.78, 5) is 26.2. The van der Waals surface area contributed by atoms with Gasteiger partial charge in [0, 0.05) is 23.7 Å². The minimum Gasteiger partial charge on any atom is -0.311 e. The first-order valence-electron chi connectivity index (χ1n) is 11.8. The maximum absolute atomic E-state index is 12.6. The zero-order valence-electron chi connectivity index (χ0n) is 20.1. The highest BCUT2D eigenvalue weighted by Crippen LogP contribution is 2.28. The summed E-state index contributed by atoms with van der Waals surface area (Å²) in [5, 5.41) is 0. The van der Waals surface area contributed by atoms with Crippen LogP contribution in [0, 0.1) is 5.92 Å². The summed E-state index contributed by atoms with van der Waals surface area (Å²) in [7, 11) is 2.19. The van der Waals surface area contributed by atoms with Gasteiger partial charge in [0.2, 0.25) is 5.91 Å². The Hall–Kier alpha value is -3.05. The first-order chi connectivity index (χ1) is 15.9. The summed E-state index contributed by atoms with van der Waals surface area (Å²) in [6, 6.07) is 8.20. The van der Waals surface area contributed by atoms with Crippen LogP contribution in [0.2, 0.25) is 0 Å². The second-order valence-electron chi connectivity index (χ2n) is 9.51. The number of aromatic nitrogens is 2. The molecule has 2 aliphatic rings. The normalized spacial score (nSPS) is 18.0. The van der Waals surface area contributed by atoms with E-state index in [1.54, 1.807) is 0 Å². The number of benzene rings is 1. The van der Waals surface area contributed by atoms with Gasteiger partial charge in [0.15, 0.2) is 5.82 Å². The third-order valence-corrected chi connectivity index (χ3v) is 6.68. The van der Waals surface area contributed by atoms with Crippen LogP contribution in [0.1, 0.15) is 44.2 Å². The molecule has 4 rings (SSSR count). The van der Waals surface area contributed by atoms with E-state index in [2.05, 4.69) is 40.6 Å². The van der Waals surface area contributed by atoms with Crippen molar-refractivity contribution in [3.8, 4) is 11.4 Å². The Kier molecular flexibility index (Phi) is 7.19. The lowest BCUT2D eigenvalue weighted by atomic mass is 9.91. The van der Waals surface area contributed by atoms with Gasteiger partial charge in [-0.25, -0.2) is 9.97 Å². The molecule has 1 saturated heterocycles. The minimum atomic E-state index is 0.133. The number of hydrogen-bond acceptors (Lipinski definition) is 4. The van der Waals surface area contributed by atoms with Gasteiger partial charge in [-0.15, -0.1) is 0 Å². The molecule has 0 N–H and O–H groups in total. The topological polar surface area (TPSA) is 49.3 Å². The molecule has 0 bridgehead atoms. The molecule has 2 aromatic rings. The summed E-state index contributed by atoms with van der Waals surface area (Å²) in [6.45, 7) is 10.8. The largest absolute Gasteiger partial charge is 0.311 e. The van der Waals surface area contributed by atoms with Crippen molar-refractivity contribution in [3.05, 3.63) is 83.4 Å². The van der Waals surface area contributed by atoms with Crippen molar-refractivity contribution in [2.45, 2.75) is 46.1 Å². The van der Waals surface area contributed by atoms with E-state index in [1.165, 1.54) is 31.5 Å². The summed E-state index contributed by atoms with van der Waals surface area (Å²) in [5.41, 5.74) is 6.31. The molecule has 1 fully saturated rings. The molecule has 5 heteroatoms. The lowest BCUT2D eigenvalue weighted by Crippen LogP contribution is -2.30. The average molecular weight is 443 g/mol. The number of amides is 1. The molecule has 0 unspecified atom stereocenters. The zero-order chi connectivity index (χ0) is 23.4. The zero-order valence-corrected chi connectivity index (χ0v) is 20.1. The fraction of sp³-hybridized carbons (Fsp3) is 0.393. The number of piperidine rings is 1. The number of carbonyl (C=O) groups is 1. The fourth-order valence-electron chi connectivity index (χ4n) is 4.58. The third-order valence-electron chi connectivity index (χ3n) is 6.68. The Morgan fingerprint density at radius 3 is 2.61 bits per heavy atom. The van der Waals surface area contributed by atoms with Gasteiger partial charge in [-0.2, -0.15) is 0 Å². The van der Waals surface area contributed by atoms with E-state index in [1.807, 2.05) is 55.4 Å². The minimum absolute atomic E-state index is 0.133. The van der Waals surface area contributed by atoms with Crippen molar-refractivity contribution >= 4 is 5.91 Å². The Labute approximate surface area is 197 Å². The lowest BCUT2D eigenvalue weighted by Gasteiger charge is -2.28. The molecule has 33 heavy (non-hydrogen) atoms. The predicted octanol–water partition coefficient (Wildman–Crippen LogP) is 5.17. The second-order valence-corrected chi connectivity index (χ2v) is 9.51. The predicted molar refractivity (Wildman–Crippen MR) is 133 cm³/mol. The quantitative estimate of drug-likeness (QED) is 0.555. The maximum atomic E-state index is 12.6. The van der Waals surface area contributed by atoms with Gasteiger partial charge in [0.25, 0.3) is 0 Å². The van der Waals surface area contributed by atoms with Crippen molar-refractivity contribution in [2.24, 2.45) is 5.92 Å². The summed E-state index contributed by atoms with van der Waals surface area (Å²) >= 11 is 0. The highest BCUT2D eigenvalue weighted by atomic mass is 16.2. The highest BCUT2D eigenvalue weighted by Gasteiger charge is 2.26. The summed E-state index contributed by atoms with van der Waals surface area (Å²) in [5.74, 6) is 1.59. The molecular weight excluding hydrogens is 408 g/mol. The molecule has 0 radical (unpaired) electrons. The van der Waals surface area contributed by atoms with Crippen molar-refractivity contribution in [2.75, 3.05) is 20.1 Å². The molecule has 1 aromatic heterocycles. The van der Waals surface area contributed by atoms with Gasteiger partial charge in [-0.05, 0) is 81.9 Å². The third kappa shape index (κ3) is 5.85. The number of likely N-dealkylation sites (tertiary alicyclic amines) is 1. The van der Waals surface area contributed by atoms with E-state index in [9.17, 15) is 4.79 Å². The number of nitrogens with zero attached hydrogens (tertiary/aromatic N) is 4. The molecule has 0 atom stereocenters. The fourth-order valence-corrected chi connectivity index (χ4v) is 4.58. The maximum Gasteiger partial charge on any atom is 0.231 e. The Bertz CT molecular complexity index is 1080. The van der Waals surface area contributed by atoms with Crippen molar-refractivity contribution in [1.82, 2.24) is 19.8 Å². The van der Waals surface area contributed by atoms with Crippen molar-refractivity contribution in [1.29, 1.82) is 0 Å². The highest BCUT2D eigenvalue weighted by molar-refractivity contribution is 5.85. The van der Waals surface area contributed by atoms with Gasteiger partial charge in [0.1, 0.15) is 0 Å². The monoisotopic (exact) mass is 442 g/mol. The molecule has 1 amide bonds. The van der Waals surface area contributed by atoms with E-state index in [4.69, 9.17) is 0 Å². The van der Waals surface area contributed by atoms with E-state index in [-0.39, 0.29) is 5.91 Å². The summed E-state index contributed by atoms with van der Waals surface area (Å²) in [6.07, 6.45) is 11.9. The van der Waals surface area contributed by atoms with Crippen LogP contribution in [-0.2, 0) is 17.8 Å². The molecule has 0 saturated carbocycles. The SMILES string of the molecule is C=C(C)/C=C\C1=C(C)N(Cc2cccc(-c3ncc(CC4CCN(C)CC4)cn3)c2)C(=O)C1. The van der Waals surface area contributed by atoms with Gasteiger partial charge >= 0.3 is 0 Å². The summed E-state index contributed by atoms with van der Waals surface area (Å²) < 4.78 is 0. The van der Waals surface area contributed by atoms with Crippen LogP contribution >= 0.6 is 0 Å². The van der Waals surface area contributed by atoms with Crippen LogP contribution in [0.15, 0.2) is 72.2 Å². The van der Waals surface area contributed by atoms with Crippen LogP contribution in [0.3, 0.4) is 0 Å². The van der Waals surface area contributed by atoms with E-state index >= 15 is 0 Å². The molecule has 0 aliphatic carbocycles. The first-order valence-corrected chi connectivity index (χ1v) is 11.8. The Morgan fingerprint density at radius 1 is 1.18 bits per heavy atom. The first kappa shape index (κ1) is 23.1. The van der Waals surface area contributed by atoms with Crippen LogP contribution in [-0.4, -0.2) is 45.8 Å². The number of allylic oxidation sites excluding steroid dienone is 4. The Morgan fingerprint density at radius 2 is 1.91 bits per heavy atom. The van der Waals surface area contributed by atoms with Crippen LogP contribution in [0.4, 0.5) is 0 Å². The van der Waals surface area contributed by atoms with Gasteiger partial charge in [0.05, 0.1) is 13.0 Å². The van der Waals surface area contributed by atoms with Gasteiger partial charge < -0.3 is 9.80 Å². The van der Waals surface area contributed by atoms with E-state index < -0.39 is 0 Å². The Balaban J connectivity index is 1.43. The molecule has 172 valence electrons. The number of rotatable bonds is 7. The second kappa shape index (κ2) is 10.3. The van der Waals surface area contributed by atoms with Crippen molar-refractivity contribution < 1.29 is 4.79 Å². The number of carbonyl (C=O) groups excluding carboxylic acids is 1. The molecular formula is C28H34N4O. The van der Waals surface area contributed by atoms with E-state index in [0.717, 1.165) is 46.1 Å². The van der Waals surface area contributed by atoms with Crippen LogP contribution in [0.5, 0.6) is 0 Å². The molecule has 0 spiro atoms. The van der Waals surface area contributed by atoms with Crippen LogP contribution < -0.4 is 0 Å². The molecule has 1 aromatic carbocycles. The average Bonchev–Trinajstić information content (AvgIpc) is 3.07.